The van der Waals surface area contributed by atoms with Crippen LogP contribution in [0.3, 0.4) is 0 Å². The van der Waals surface area contributed by atoms with Crippen LogP contribution >= 0.6 is 11.3 Å². The van der Waals surface area contributed by atoms with E-state index in [0.717, 1.165) is 22.0 Å². The van der Waals surface area contributed by atoms with E-state index in [1.807, 2.05) is 81.6 Å². The van der Waals surface area contributed by atoms with Gasteiger partial charge >= 0.3 is 6.03 Å². The van der Waals surface area contributed by atoms with Crippen LogP contribution < -0.4 is 5.32 Å². The van der Waals surface area contributed by atoms with Crippen molar-refractivity contribution in [3.05, 3.63) is 106 Å². The van der Waals surface area contributed by atoms with Crippen molar-refractivity contribution < 1.29 is 23.1 Å². The second-order valence-corrected chi connectivity index (χ2v) is 16.9. The summed E-state index contributed by atoms with van der Waals surface area (Å²) in [5.74, 6) is -0.700. The number of hydrogen-bond acceptors (Lipinski definition) is 10. The van der Waals surface area contributed by atoms with Gasteiger partial charge in [-0.2, -0.15) is 9.21 Å². The van der Waals surface area contributed by atoms with Crippen molar-refractivity contribution in [2.45, 2.75) is 76.7 Å². The van der Waals surface area contributed by atoms with Gasteiger partial charge in [-0.1, -0.05) is 87.8 Å². The van der Waals surface area contributed by atoms with Crippen LogP contribution in [0.2, 0.25) is 0 Å². The van der Waals surface area contributed by atoms with Gasteiger partial charge in [-0.25, -0.2) is 18.2 Å². The van der Waals surface area contributed by atoms with Gasteiger partial charge in [0.15, 0.2) is 0 Å². The number of nitrogens with zero attached hydrogens (tertiary/aromatic N) is 6. The summed E-state index contributed by atoms with van der Waals surface area (Å²) in [6.07, 6.45) is 1.26. The molecule has 0 radical (unpaired) electrons. The predicted octanol–water partition coefficient (Wildman–Crippen LogP) is 5.56. The first-order valence-corrected chi connectivity index (χ1v) is 20.5. The third-order valence-corrected chi connectivity index (χ3v) is 12.3. The maximum Gasteiger partial charge on any atom is 0.321 e. The van der Waals surface area contributed by atoms with E-state index in [0.29, 0.717) is 31.6 Å². The van der Waals surface area contributed by atoms with E-state index in [-0.39, 0.29) is 48.8 Å². The first kappa shape index (κ1) is 40.6. The fraction of sp³-hybridized carbons (Fsp3) is 0.436. The summed E-state index contributed by atoms with van der Waals surface area (Å²) >= 11 is 1.46. The van der Waals surface area contributed by atoms with Crippen molar-refractivity contribution in [1.29, 1.82) is 0 Å². The van der Waals surface area contributed by atoms with E-state index in [9.17, 15) is 28.0 Å². The maximum atomic E-state index is 14.4. The molecule has 0 aliphatic carbocycles. The lowest BCUT2D eigenvalue weighted by Crippen LogP contribution is -2.57. The molecule has 0 spiro atoms. The second-order valence-electron chi connectivity index (χ2n) is 14.1. The Balaban J connectivity index is 1.35. The van der Waals surface area contributed by atoms with E-state index in [2.05, 4.69) is 15.5 Å². The summed E-state index contributed by atoms with van der Waals surface area (Å²) in [5.41, 5.74) is 2.92. The number of aliphatic hydroxyl groups is 1. The number of rotatable bonds is 19. The summed E-state index contributed by atoms with van der Waals surface area (Å²) in [6, 6.07) is 19.0. The van der Waals surface area contributed by atoms with Crippen LogP contribution in [0.1, 0.15) is 50.9 Å². The normalized spacial score (nSPS) is 15.7. The summed E-state index contributed by atoms with van der Waals surface area (Å²) in [7, 11) is -4.07. The molecule has 1 fully saturated rings. The maximum absolute atomic E-state index is 14.4. The van der Waals surface area contributed by atoms with E-state index < -0.39 is 34.1 Å². The molecule has 15 heteroatoms. The number of sulfonamides is 1. The van der Waals surface area contributed by atoms with Crippen molar-refractivity contribution in [1.82, 2.24) is 29.4 Å². The van der Waals surface area contributed by atoms with Gasteiger partial charge in [0.25, 0.3) is 0 Å². The highest BCUT2D eigenvalue weighted by molar-refractivity contribution is 7.89. The Morgan fingerprint density at radius 1 is 1.00 bits per heavy atom. The molecule has 13 nitrogen and oxygen atoms in total. The van der Waals surface area contributed by atoms with Crippen LogP contribution in [-0.4, -0.2) is 93.9 Å². The molecule has 4 atom stereocenters. The smallest absolute Gasteiger partial charge is 0.321 e. The minimum Gasteiger partial charge on any atom is -0.390 e. The summed E-state index contributed by atoms with van der Waals surface area (Å²) < 4.78 is 29.1. The number of hydrogen-bond donors (Lipinski definition) is 2. The molecule has 2 aromatic carbocycles. The van der Waals surface area contributed by atoms with Gasteiger partial charge in [0.2, 0.25) is 15.9 Å². The molecule has 1 aliphatic rings. The second kappa shape index (κ2) is 18.7. The van der Waals surface area contributed by atoms with Crippen LogP contribution in [0.15, 0.2) is 94.4 Å². The van der Waals surface area contributed by atoms with Crippen molar-refractivity contribution >= 4 is 33.3 Å². The molecule has 3 amide bonds. The molecule has 0 saturated carbocycles. The minimum absolute atomic E-state index is 0.0215. The number of amides is 3. The zero-order chi connectivity index (χ0) is 38.8. The number of nitroso groups, excluding NO2 is 1. The topological polar surface area (TPSA) is 165 Å². The van der Waals surface area contributed by atoms with Crippen LogP contribution in [0, 0.1) is 16.7 Å². The average molecular weight is 776 g/mol. The van der Waals surface area contributed by atoms with E-state index in [1.165, 1.54) is 27.8 Å². The zero-order valence-electron chi connectivity index (χ0n) is 31.1. The quantitative estimate of drug-likeness (QED) is 0.117. The molecule has 1 saturated heterocycles. The molecule has 4 aromatic rings. The number of urea groups is 1. The molecule has 2 aromatic heterocycles. The monoisotopic (exact) mass is 775 g/mol. The molecule has 0 unspecified atom stereocenters. The molecule has 288 valence electrons. The van der Waals surface area contributed by atoms with Gasteiger partial charge < -0.3 is 20.2 Å². The molecular formula is C39H49N7O6S2. The minimum atomic E-state index is -4.07. The molecule has 2 N–H and O–H groups in total. The number of pyridine rings is 1. The third kappa shape index (κ3) is 10.1. The highest BCUT2D eigenvalue weighted by atomic mass is 32.2. The number of carbonyl (C=O) groups is 2. The first-order valence-electron chi connectivity index (χ1n) is 18.2. The Morgan fingerprint density at radius 3 is 2.37 bits per heavy atom. The SMILES string of the molecule is CC[C@H](C)[C@@H](C(=O)N[C@@H](Cc1ccccc1)[C@H](O)CN(CC(C)C)S(=O)(=O)c1ccc(CN=O)cc1)N1CCN(Cc2csc(-c3ccccn3)n2)C1=O. The van der Waals surface area contributed by atoms with Crippen LogP contribution in [0.25, 0.3) is 10.7 Å². The van der Waals surface area contributed by atoms with Crippen LogP contribution in [-0.2, 0) is 34.3 Å². The standard InChI is InChI=1S/C39H49N7O6S2/c1-5-28(4)36(46-20-19-44(39(46)49)24-31-26-53-38(42-31)33-13-9-10-18-40-33)37(48)43-34(21-29-11-7-6-8-12-29)35(47)25-45(23-27(2)3)54(51,52)32-16-14-30(15-17-32)22-41-50/h6-18,26-28,34-36,47H,5,19-25H2,1-4H3,(H,43,48)/t28-,34-,35+,36-/m0/s1. The van der Waals surface area contributed by atoms with Gasteiger partial charge in [0.05, 0.1) is 35.0 Å². The molecular weight excluding hydrogens is 727 g/mol. The number of thiazole rings is 1. The van der Waals surface area contributed by atoms with Gasteiger partial charge in [0, 0.05) is 37.8 Å². The summed E-state index contributed by atoms with van der Waals surface area (Å²) in [6.45, 7) is 8.48. The lowest BCUT2D eigenvalue weighted by Gasteiger charge is -2.35. The fourth-order valence-corrected chi connectivity index (χ4v) is 8.95. The van der Waals surface area contributed by atoms with Crippen LogP contribution in [0.4, 0.5) is 4.79 Å². The Kier molecular flexibility index (Phi) is 14.0. The lowest BCUT2D eigenvalue weighted by molar-refractivity contribution is -0.128. The van der Waals surface area contributed by atoms with E-state index >= 15 is 0 Å². The Labute approximate surface area is 321 Å². The number of benzene rings is 2. The van der Waals surface area contributed by atoms with Crippen LogP contribution in [0.5, 0.6) is 0 Å². The molecule has 1 aliphatic heterocycles. The number of nitrogens with one attached hydrogen (secondary N) is 1. The lowest BCUT2D eigenvalue weighted by atomic mass is 9.95. The number of aliphatic hydroxyl groups excluding tert-OH is 1. The largest absolute Gasteiger partial charge is 0.390 e. The van der Waals surface area contributed by atoms with Crippen molar-refractivity contribution in [3.63, 3.8) is 0 Å². The van der Waals surface area contributed by atoms with Gasteiger partial charge in [0.1, 0.15) is 17.6 Å². The highest BCUT2D eigenvalue weighted by Gasteiger charge is 2.41. The summed E-state index contributed by atoms with van der Waals surface area (Å²) in [5, 5.41) is 20.4. The third-order valence-electron chi connectivity index (χ3n) is 9.56. The predicted molar refractivity (Wildman–Crippen MR) is 209 cm³/mol. The number of aromatic nitrogens is 2. The fourth-order valence-electron chi connectivity index (χ4n) is 6.54. The van der Waals surface area contributed by atoms with Crippen molar-refractivity contribution in [2.75, 3.05) is 26.2 Å². The van der Waals surface area contributed by atoms with Crippen molar-refractivity contribution in [2.24, 2.45) is 17.0 Å². The highest BCUT2D eigenvalue weighted by Crippen LogP contribution is 2.26. The zero-order valence-corrected chi connectivity index (χ0v) is 32.7. The molecule has 0 bridgehead atoms. The summed E-state index contributed by atoms with van der Waals surface area (Å²) in [4.78, 5) is 51.4. The molecule has 5 rings (SSSR count). The molecule has 3 heterocycles. The van der Waals surface area contributed by atoms with E-state index in [1.54, 1.807) is 28.1 Å². The van der Waals surface area contributed by atoms with E-state index in [4.69, 9.17) is 4.98 Å². The number of carbonyl (C=O) groups excluding carboxylic acids is 2. The molecule has 54 heavy (non-hydrogen) atoms. The Hall–Kier alpha value is -4.57. The van der Waals surface area contributed by atoms with Gasteiger partial charge in [-0.3, -0.25) is 9.78 Å². The first-order chi connectivity index (χ1) is 25.9. The van der Waals surface area contributed by atoms with Gasteiger partial charge in [-0.05, 0) is 53.6 Å². The average Bonchev–Trinajstić information content (AvgIpc) is 3.78. The Bertz CT molecular complexity index is 1940. The van der Waals surface area contributed by atoms with Crippen molar-refractivity contribution in [3.8, 4) is 10.7 Å². The Morgan fingerprint density at radius 2 is 1.72 bits per heavy atom. The van der Waals surface area contributed by atoms with Gasteiger partial charge in [-0.15, -0.1) is 11.3 Å².